The fourth-order valence-electron chi connectivity index (χ4n) is 2.13. The Hall–Kier alpha value is -2.05. The lowest BCUT2D eigenvalue weighted by Gasteiger charge is -2.22. The van der Waals surface area contributed by atoms with Gasteiger partial charge in [0.2, 0.25) is 0 Å². The zero-order chi connectivity index (χ0) is 16.9. The Morgan fingerprint density at radius 3 is 2.78 bits per heavy atom. The van der Waals surface area contributed by atoms with E-state index in [1.165, 1.54) is 0 Å². The highest BCUT2D eigenvalue weighted by atomic mass is 35.5. The second-order valence-corrected chi connectivity index (χ2v) is 6.03. The van der Waals surface area contributed by atoms with Gasteiger partial charge < -0.3 is 15.7 Å². The maximum atomic E-state index is 11.8. The maximum Gasteiger partial charge on any atom is 0.314 e. The number of aliphatic hydroxyl groups is 1. The van der Waals surface area contributed by atoms with Crippen LogP contribution in [0, 0.1) is 0 Å². The van der Waals surface area contributed by atoms with E-state index in [9.17, 15) is 9.90 Å². The van der Waals surface area contributed by atoms with Gasteiger partial charge in [-0.25, -0.2) is 4.79 Å². The van der Waals surface area contributed by atoms with E-state index in [1.54, 1.807) is 31.0 Å². The van der Waals surface area contributed by atoms with E-state index >= 15 is 0 Å². The number of hydrogen-bond acceptors (Lipinski definition) is 3. The molecule has 1 atom stereocenters. The predicted molar refractivity (Wildman–Crippen MR) is 89.3 cm³/mol. The smallest absolute Gasteiger partial charge is 0.314 e. The molecule has 1 aromatic heterocycles. The summed E-state index contributed by atoms with van der Waals surface area (Å²) in [5.41, 5.74) is 0.460. The molecule has 0 aliphatic rings. The summed E-state index contributed by atoms with van der Waals surface area (Å²) in [6.45, 7) is 2.19. The predicted octanol–water partition coefficient (Wildman–Crippen LogP) is 1.82. The SMILES string of the molecule is Cn1cc(C(C)(O)CNC(=O)NCCc2ccccc2Cl)cn1. The number of aryl methyl sites for hydroxylation is 1. The van der Waals surface area contributed by atoms with Crippen molar-refractivity contribution in [2.45, 2.75) is 18.9 Å². The van der Waals surface area contributed by atoms with E-state index in [1.807, 2.05) is 24.3 Å². The first-order chi connectivity index (χ1) is 10.9. The second-order valence-electron chi connectivity index (χ2n) is 5.63. The number of benzene rings is 1. The first-order valence-electron chi connectivity index (χ1n) is 7.35. The van der Waals surface area contributed by atoms with Crippen LogP contribution in [0.4, 0.5) is 4.79 Å². The molecule has 23 heavy (non-hydrogen) atoms. The minimum Gasteiger partial charge on any atom is -0.383 e. The number of rotatable bonds is 6. The number of urea groups is 1. The number of carbonyl (C=O) groups is 1. The van der Waals surface area contributed by atoms with E-state index < -0.39 is 5.60 Å². The molecule has 1 aromatic carbocycles. The highest BCUT2D eigenvalue weighted by Crippen LogP contribution is 2.18. The van der Waals surface area contributed by atoms with E-state index in [0.29, 0.717) is 23.6 Å². The molecule has 1 unspecified atom stereocenters. The number of hydrogen-bond donors (Lipinski definition) is 3. The molecule has 0 aliphatic carbocycles. The van der Waals surface area contributed by atoms with Gasteiger partial charge in [-0.05, 0) is 25.0 Å². The minimum atomic E-state index is -1.17. The van der Waals surface area contributed by atoms with Crippen LogP contribution >= 0.6 is 11.6 Å². The van der Waals surface area contributed by atoms with Crippen molar-refractivity contribution in [2.75, 3.05) is 13.1 Å². The Labute approximate surface area is 140 Å². The Balaban J connectivity index is 1.76. The van der Waals surface area contributed by atoms with Crippen molar-refractivity contribution < 1.29 is 9.90 Å². The van der Waals surface area contributed by atoms with Gasteiger partial charge in [-0.3, -0.25) is 4.68 Å². The standard InChI is InChI=1S/C16H21ClN4O2/c1-16(23,13-9-20-21(2)10-13)11-19-15(22)18-8-7-12-5-3-4-6-14(12)17/h3-6,9-10,23H,7-8,11H2,1-2H3,(H2,18,19,22). The van der Waals surface area contributed by atoms with Gasteiger partial charge in [0.1, 0.15) is 5.60 Å². The fourth-order valence-corrected chi connectivity index (χ4v) is 2.36. The molecule has 0 fully saturated rings. The molecule has 0 saturated heterocycles. The zero-order valence-electron chi connectivity index (χ0n) is 13.2. The molecule has 0 spiro atoms. The molecule has 6 nitrogen and oxygen atoms in total. The van der Waals surface area contributed by atoms with Gasteiger partial charge in [0.15, 0.2) is 0 Å². The Morgan fingerprint density at radius 2 is 2.13 bits per heavy atom. The molecule has 0 radical (unpaired) electrons. The molecular weight excluding hydrogens is 316 g/mol. The van der Waals surface area contributed by atoms with Gasteiger partial charge in [0.05, 0.1) is 12.7 Å². The molecule has 3 N–H and O–H groups in total. The Kier molecular flexibility index (Phi) is 5.63. The van der Waals surface area contributed by atoms with Crippen LogP contribution in [0.3, 0.4) is 0 Å². The topological polar surface area (TPSA) is 79.2 Å². The molecule has 0 bridgehead atoms. The Bertz CT molecular complexity index is 670. The third kappa shape index (κ3) is 4.97. The zero-order valence-corrected chi connectivity index (χ0v) is 14.0. The summed E-state index contributed by atoms with van der Waals surface area (Å²) in [4.78, 5) is 11.8. The van der Waals surface area contributed by atoms with Crippen LogP contribution in [-0.2, 0) is 19.1 Å². The summed E-state index contributed by atoms with van der Waals surface area (Å²) >= 11 is 6.06. The third-order valence-corrected chi connectivity index (χ3v) is 3.93. The third-order valence-electron chi connectivity index (χ3n) is 3.56. The normalized spacial score (nSPS) is 13.4. The average Bonchev–Trinajstić information content (AvgIpc) is 2.95. The van der Waals surface area contributed by atoms with E-state index in [-0.39, 0.29) is 12.6 Å². The fraction of sp³-hybridized carbons (Fsp3) is 0.375. The summed E-state index contributed by atoms with van der Waals surface area (Å²) in [6, 6.07) is 7.19. The number of nitrogens with one attached hydrogen (secondary N) is 2. The van der Waals surface area contributed by atoms with Gasteiger partial charge in [0.25, 0.3) is 0 Å². The summed E-state index contributed by atoms with van der Waals surface area (Å²) in [6.07, 6.45) is 3.94. The molecule has 0 aliphatic heterocycles. The quantitative estimate of drug-likeness (QED) is 0.753. The van der Waals surface area contributed by atoms with Crippen molar-refractivity contribution in [1.29, 1.82) is 0 Å². The van der Waals surface area contributed by atoms with Crippen LogP contribution < -0.4 is 10.6 Å². The van der Waals surface area contributed by atoms with Crippen LogP contribution in [0.1, 0.15) is 18.1 Å². The minimum absolute atomic E-state index is 0.0939. The van der Waals surface area contributed by atoms with Crippen molar-refractivity contribution in [2.24, 2.45) is 7.05 Å². The van der Waals surface area contributed by atoms with Crippen LogP contribution in [0.5, 0.6) is 0 Å². The van der Waals surface area contributed by atoms with Crippen molar-refractivity contribution in [1.82, 2.24) is 20.4 Å². The number of nitrogens with zero attached hydrogens (tertiary/aromatic N) is 2. The van der Waals surface area contributed by atoms with E-state index in [2.05, 4.69) is 15.7 Å². The first-order valence-corrected chi connectivity index (χ1v) is 7.73. The van der Waals surface area contributed by atoms with Crippen LogP contribution in [0.25, 0.3) is 0 Å². The van der Waals surface area contributed by atoms with Crippen molar-refractivity contribution in [3.8, 4) is 0 Å². The first kappa shape index (κ1) is 17.3. The summed E-state index contributed by atoms with van der Waals surface area (Å²) < 4.78 is 1.60. The van der Waals surface area contributed by atoms with Gasteiger partial charge in [-0.15, -0.1) is 0 Å². The monoisotopic (exact) mass is 336 g/mol. The van der Waals surface area contributed by atoms with E-state index in [0.717, 1.165) is 5.56 Å². The van der Waals surface area contributed by atoms with Crippen LogP contribution in [0.15, 0.2) is 36.7 Å². The lowest BCUT2D eigenvalue weighted by atomic mass is 10.00. The maximum absolute atomic E-state index is 11.8. The van der Waals surface area contributed by atoms with Gasteiger partial charge in [0, 0.05) is 30.4 Å². The van der Waals surface area contributed by atoms with Gasteiger partial charge >= 0.3 is 6.03 Å². The van der Waals surface area contributed by atoms with Crippen LogP contribution in [0.2, 0.25) is 5.02 Å². The second kappa shape index (κ2) is 7.48. The van der Waals surface area contributed by atoms with Crippen LogP contribution in [-0.4, -0.2) is 34.0 Å². The lowest BCUT2D eigenvalue weighted by Crippen LogP contribution is -2.43. The number of amides is 2. The van der Waals surface area contributed by atoms with Crippen molar-refractivity contribution >= 4 is 17.6 Å². The highest BCUT2D eigenvalue weighted by molar-refractivity contribution is 6.31. The number of halogens is 1. The molecule has 0 saturated carbocycles. The summed E-state index contributed by atoms with van der Waals surface area (Å²) in [5.74, 6) is 0. The lowest BCUT2D eigenvalue weighted by molar-refractivity contribution is 0.0593. The molecule has 7 heteroatoms. The van der Waals surface area contributed by atoms with E-state index in [4.69, 9.17) is 11.6 Å². The highest BCUT2D eigenvalue weighted by Gasteiger charge is 2.25. The Morgan fingerprint density at radius 1 is 1.39 bits per heavy atom. The molecule has 2 amide bonds. The molecule has 1 heterocycles. The largest absolute Gasteiger partial charge is 0.383 e. The molecule has 2 rings (SSSR count). The van der Waals surface area contributed by atoms with Crippen molar-refractivity contribution in [3.05, 3.63) is 52.8 Å². The number of aromatic nitrogens is 2. The van der Waals surface area contributed by atoms with Gasteiger partial charge in [-0.2, -0.15) is 5.10 Å². The summed E-state index contributed by atoms with van der Waals surface area (Å²) in [5, 5.41) is 20.5. The average molecular weight is 337 g/mol. The van der Waals surface area contributed by atoms with Gasteiger partial charge in [-0.1, -0.05) is 29.8 Å². The molecule has 2 aromatic rings. The number of carbonyl (C=O) groups excluding carboxylic acids is 1. The molecular formula is C16H21ClN4O2. The summed E-state index contributed by atoms with van der Waals surface area (Å²) in [7, 11) is 1.77. The van der Waals surface area contributed by atoms with Crippen molar-refractivity contribution in [3.63, 3.8) is 0 Å². The molecule has 124 valence electrons.